The summed E-state index contributed by atoms with van der Waals surface area (Å²) < 4.78 is 0. The highest BCUT2D eigenvalue weighted by molar-refractivity contribution is 7.27. The molecule has 4 nitrogen and oxygen atoms in total. The molecule has 6 aromatic heterocycles. The number of rotatable bonds is 22. The Morgan fingerprint density at radius 1 is 0.303 bits per heavy atom. The lowest BCUT2D eigenvalue weighted by Gasteiger charge is -2.04. The van der Waals surface area contributed by atoms with Gasteiger partial charge in [-0.05, 0) is 181 Å². The molecule has 0 spiro atoms. The standard InChI is InChI=1S/C66H56N2O2S6/c69-65-57-58(60(68-65)56-42-50(32-16-28-46-23-11-4-12-24-46)64(76-56)54-36-34-52(74-54)62-48(38-40-72-62)30-14-26-44-19-7-2-8-20-44)66(70)67-59(57)55-41-49(31-15-27-45-21-9-3-10-22-45)63(75-55)53-35-33-51(73-53)61-47(37-39-71-61)29-13-25-43-17-5-1-6-18-43/h1-12,17-24,33-42H,13-16,25-32H2,(H,67,70)(H,68,69). The van der Waals surface area contributed by atoms with Gasteiger partial charge in [0.05, 0.1) is 32.3 Å². The maximum Gasteiger partial charge on any atom is 0.258 e. The van der Waals surface area contributed by atoms with Gasteiger partial charge in [-0.25, -0.2) is 0 Å². The molecule has 4 aromatic carbocycles. The Bertz CT molecular complexity index is 3450. The summed E-state index contributed by atoms with van der Waals surface area (Å²) in [7, 11) is 0. The van der Waals surface area contributed by atoms with Gasteiger partial charge in [-0.1, -0.05) is 121 Å². The molecule has 378 valence electrons. The van der Waals surface area contributed by atoms with Crippen molar-refractivity contribution in [3.05, 3.63) is 246 Å². The van der Waals surface area contributed by atoms with E-state index in [1.165, 1.54) is 83.5 Å². The molecule has 2 aliphatic rings. The summed E-state index contributed by atoms with van der Waals surface area (Å²) in [6, 6.07) is 61.1. The summed E-state index contributed by atoms with van der Waals surface area (Å²) in [6.07, 6.45) is 12.1. The van der Waals surface area contributed by atoms with Gasteiger partial charge in [-0.15, -0.1) is 68.0 Å². The van der Waals surface area contributed by atoms with Crippen molar-refractivity contribution in [3.63, 3.8) is 0 Å². The van der Waals surface area contributed by atoms with Crippen LogP contribution in [0.15, 0.2) is 192 Å². The van der Waals surface area contributed by atoms with Crippen LogP contribution in [0.2, 0.25) is 0 Å². The fourth-order valence-corrected chi connectivity index (χ4v) is 17.6. The molecule has 76 heavy (non-hydrogen) atoms. The van der Waals surface area contributed by atoms with Crippen molar-refractivity contribution < 1.29 is 9.59 Å². The molecule has 2 N–H and O–H groups in total. The van der Waals surface area contributed by atoms with Gasteiger partial charge >= 0.3 is 0 Å². The molecule has 0 bridgehead atoms. The van der Waals surface area contributed by atoms with E-state index in [0.29, 0.717) is 22.5 Å². The van der Waals surface area contributed by atoms with Gasteiger partial charge in [-0.3, -0.25) is 9.59 Å². The molecular weight excluding hydrogens is 1050 g/mol. The van der Waals surface area contributed by atoms with Crippen LogP contribution in [0.3, 0.4) is 0 Å². The second-order valence-corrected chi connectivity index (χ2v) is 25.7. The SMILES string of the molecule is O=C1NC(c2cc(CCCc3ccccc3)c(-c3ccc(-c4sccc4CCCc4ccccc4)s3)s2)=C2C(=O)NC(c3cc(CCCc4ccccc4)c(-c4ccc(-c5sccc5CCCc5ccccc5)s4)s3)=C12. The van der Waals surface area contributed by atoms with Crippen molar-refractivity contribution in [1.29, 1.82) is 0 Å². The summed E-state index contributed by atoms with van der Waals surface area (Å²) in [5.41, 5.74) is 12.8. The molecule has 0 atom stereocenters. The van der Waals surface area contributed by atoms with E-state index in [9.17, 15) is 9.59 Å². The summed E-state index contributed by atoms with van der Waals surface area (Å²) in [5.74, 6) is -0.461. The lowest BCUT2D eigenvalue weighted by molar-refractivity contribution is -0.117. The predicted molar refractivity (Wildman–Crippen MR) is 326 cm³/mol. The molecule has 0 saturated heterocycles. The first-order chi connectivity index (χ1) is 37.5. The van der Waals surface area contributed by atoms with Gasteiger partial charge in [0.15, 0.2) is 0 Å². The first-order valence-electron chi connectivity index (χ1n) is 26.4. The van der Waals surface area contributed by atoms with E-state index in [2.05, 4.69) is 191 Å². The van der Waals surface area contributed by atoms with Gasteiger partial charge in [-0.2, -0.15) is 0 Å². The van der Waals surface area contributed by atoms with E-state index in [1.54, 1.807) is 22.7 Å². The van der Waals surface area contributed by atoms with Crippen molar-refractivity contribution in [1.82, 2.24) is 10.6 Å². The topological polar surface area (TPSA) is 58.2 Å². The number of hydrogen-bond acceptors (Lipinski definition) is 8. The number of benzene rings is 4. The number of carbonyl (C=O) groups is 2. The summed E-state index contributed by atoms with van der Waals surface area (Å²) in [5, 5.41) is 10.9. The van der Waals surface area contributed by atoms with E-state index < -0.39 is 0 Å². The zero-order valence-electron chi connectivity index (χ0n) is 42.1. The first-order valence-corrected chi connectivity index (χ1v) is 31.4. The molecule has 0 radical (unpaired) electrons. The maximum atomic E-state index is 14.4. The largest absolute Gasteiger partial charge is 0.320 e. The van der Waals surface area contributed by atoms with E-state index in [4.69, 9.17) is 0 Å². The molecule has 0 fully saturated rings. The maximum absolute atomic E-state index is 14.4. The zero-order valence-corrected chi connectivity index (χ0v) is 47.0. The van der Waals surface area contributed by atoms with Crippen molar-refractivity contribution >= 4 is 91.2 Å². The molecule has 0 saturated carbocycles. The van der Waals surface area contributed by atoms with E-state index in [0.717, 1.165) is 86.8 Å². The minimum Gasteiger partial charge on any atom is -0.320 e. The Hall–Kier alpha value is -6.50. The van der Waals surface area contributed by atoms with Crippen LogP contribution < -0.4 is 10.6 Å². The van der Waals surface area contributed by atoms with Crippen molar-refractivity contribution in [3.8, 4) is 39.0 Å². The number of fused-ring (bicyclic) bond motifs is 1. The van der Waals surface area contributed by atoms with Crippen molar-refractivity contribution in [2.45, 2.75) is 77.0 Å². The Morgan fingerprint density at radius 2 is 0.618 bits per heavy atom. The van der Waals surface area contributed by atoms with Crippen LogP contribution in [0.25, 0.3) is 50.4 Å². The fraction of sp³-hybridized carbons (Fsp3) is 0.182. The van der Waals surface area contributed by atoms with Crippen LogP contribution >= 0.6 is 68.0 Å². The summed E-state index contributed by atoms with van der Waals surface area (Å²) in [4.78, 5) is 40.8. The number of aryl methyl sites for hydroxylation is 8. The van der Waals surface area contributed by atoms with Crippen LogP contribution in [-0.2, 0) is 61.0 Å². The van der Waals surface area contributed by atoms with Gasteiger partial charge in [0, 0.05) is 39.0 Å². The van der Waals surface area contributed by atoms with Crippen LogP contribution in [-0.4, -0.2) is 11.8 Å². The monoisotopic (exact) mass is 1100 g/mol. The second kappa shape index (κ2) is 23.4. The van der Waals surface area contributed by atoms with Gasteiger partial charge in [0.2, 0.25) is 0 Å². The Morgan fingerprint density at radius 3 is 0.961 bits per heavy atom. The van der Waals surface area contributed by atoms with Crippen molar-refractivity contribution in [2.24, 2.45) is 0 Å². The highest BCUT2D eigenvalue weighted by atomic mass is 32.1. The first kappa shape index (κ1) is 50.3. The minimum atomic E-state index is -0.230. The quantitative estimate of drug-likeness (QED) is 0.0710. The Balaban J connectivity index is 0.849. The molecule has 2 amide bonds. The predicted octanol–water partition coefficient (Wildman–Crippen LogP) is 17.8. The Kier molecular flexibility index (Phi) is 15.5. The van der Waals surface area contributed by atoms with E-state index >= 15 is 0 Å². The number of carbonyl (C=O) groups excluding carboxylic acids is 2. The van der Waals surface area contributed by atoms with Crippen LogP contribution in [0.5, 0.6) is 0 Å². The number of thiophene rings is 6. The van der Waals surface area contributed by atoms with Crippen molar-refractivity contribution in [2.75, 3.05) is 0 Å². The molecule has 2 aliphatic heterocycles. The molecule has 0 aliphatic carbocycles. The molecule has 10 aromatic rings. The number of hydrogen-bond donors (Lipinski definition) is 2. The summed E-state index contributed by atoms with van der Waals surface area (Å²) >= 11 is 10.7. The molecule has 8 heterocycles. The third kappa shape index (κ3) is 11.2. The third-order valence-electron chi connectivity index (χ3n) is 14.4. The number of nitrogens with one attached hydrogen (secondary N) is 2. The molecule has 10 heteroatoms. The second-order valence-electron chi connectivity index (χ2n) is 19.6. The average Bonchev–Trinajstić information content (AvgIpc) is 4.36. The summed E-state index contributed by atoms with van der Waals surface area (Å²) in [6.45, 7) is 0. The average molecular weight is 1100 g/mol. The van der Waals surface area contributed by atoms with Gasteiger partial charge in [0.1, 0.15) is 0 Å². The number of amides is 2. The third-order valence-corrected chi connectivity index (χ3v) is 21.6. The molecule has 0 unspecified atom stereocenters. The molecular formula is C66H56N2O2S6. The lowest BCUT2D eigenvalue weighted by Crippen LogP contribution is -2.20. The molecule has 12 rings (SSSR count). The minimum absolute atomic E-state index is 0.230. The van der Waals surface area contributed by atoms with Crippen LogP contribution in [0.1, 0.15) is 79.9 Å². The zero-order chi connectivity index (χ0) is 51.2. The van der Waals surface area contributed by atoms with Crippen LogP contribution in [0.4, 0.5) is 0 Å². The van der Waals surface area contributed by atoms with Gasteiger partial charge < -0.3 is 10.6 Å². The Labute approximate surface area is 469 Å². The van der Waals surface area contributed by atoms with E-state index in [-0.39, 0.29) is 11.8 Å². The van der Waals surface area contributed by atoms with Crippen LogP contribution in [0, 0.1) is 0 Å². The van der Waals surface area contributed by atoms with E-state index in [1.807, 2.05) is 45.3 Å². The highest BCUT2D eigenvalue weighted by Gasteiger charge is 2.42. The smallest absolute Gasteiger partial charge is 0.258 e. The fourth-order valence-electron chi connectivity index (χ4n) is 10.6. The normalized spacial score (nSPS) is 13.3. The lowest BCUT2D eigenvalue weighted by atomic mass is 10.0. The highest BCUT2D eigenvalue weighted by Crippen LogP contribution is 2.49. The van der Waals surface area contributed by atoms with Gasteiger partial charge in [0.25, 0.3) is 11.8 Å².